The number of ether oxygens (including phenoxy) is 3. The number of hydrogen-bond donors (Lipinski definition) is 1. The first-order valence-electron chi connectivity index (χ1n) is 16.4. The molecular formula is C37H48N2O6. The molecule has 8 heteroatoms. The predicted octanol–water partition coefficient (Wildman–Crippen LogP) is 7.21. The summed E-state index contributed by atoms with van der Waals surface area (Å²) in [4.78, 5) is 40.5. The Labute approximate surface area is 267 Å². The van der Waals surface area contributed by atoms with Crippen LogP contribution in [0.3, 0.4) is 0 Å². The quantitative estimate of drug-likeness (QED) is 0.390. The lowest BCUT2D eigenvalue weighted by Crippen LogP contribution is -2.71. The van der Waals surface area contributed by atoms with Crippen LogP contribution in [0.2, 0.25) is 0 Å². The normalized spacial score (nSPS) is 29.8. The van der Waals surface area contributed by atoms with Gasteiger partial charge in [-0.2, -0.15) is 0 Å². The van der Waals surface area contributed by atoms with E-state index in [4.69, 9.17) is 14.2 Å². The summed E-state index contributed by atoms with van der Waals surface area (Å²) in [5, 5.41) is 3.25. The standard InChI is InChI=1S/C37H48N2O6/c1-22-14-15-29-35(6,7)30(38-23(2)40)16-17-37(29)36(22,8)19-26-28(43-21-24-12-10-9-11-13-24)18-25-27(31(26)44-37)20-39(32(25)41)33(42)45-34(3,4)5/h9-13,18,22,29-30H,14-17,19-21H2,1-8H3,(H,38,40)/t22-,29-,30-,36+,37-/m0/s1. The highest BCUT2D eigenvalue weighted by molar-refractivity contribution is 6.07. The minimum absolute atomic E-state index is 0.00959. The predicted molar refractivity (Wildman–Crippen MR) is 171 cm³/mol. The van der Waals surface area contributed by atoms with Gasteiger partial charge >= 0.3 is 6.09 Å². The van der Waals surface area contributed by atoms with Gasteiger partial charge in [-0.05, 0) is 75.8 Å². The summed E-state index contributed by atoms with van der Waals surface area (Å²) in [6.45, 7) is 16.7. The van der Waals surface area contributed by atoms with Crippen molar-refractivity contribution in [2.75, 3.05) is 0 Å². The first-order valence-corrected chi connectivity index (χ1v) is 16.4. The van der Waals surface area contributed by atoms with Crippen molar-refractivity contribution in [2.24, 2.45) is 22.7 Å². The topological polar surface area (TPSA) is 94.2 Å². The van der Waals surface area contributed by atoms with Crippen LogP contribution in [-0.4, -0.2) is 40.1 Å². The average molecular weight is 617 g/mol. The molecule has 5 atom stereocenters. The lowest BCUT2D eigenvalue weighted by Gasteiger charge is -2.67. The Morgan fingerprint density at radius 1 is 1.07 bits per heavy atom. The SMILES string of the molecule is CC(=O)N[C@H]1CC[C@@]23Oc4c(c(OCc5ccccc5)cc5c4CN(C(=O)OC(C)(C)C)C5=O)C[C@]2(C)[C@@H](C)CC[C@H]3C1(C)C. The lowest BCUT2D eigenvalue weighted by molar-refractivity contribution is -0.217. The first-order chi connectivity index (χ1) is 21.1. The third kappa shape index (κ3) is 5.08. The second kappa shape index (κ2) is 10.8. The molecule has 2 heterocycles. The molecule has 0 bridgehead atoms. The molecule has 4 aliphatic rings. The fraction of sp³-hybridized carbons (Fsp3) is 0.595. The smallest absolute Gasteiger partial charge is 0.417 e. The number of nitrogens with zero attached hydrogens (tertiary/aromatic N) is 1. The van der Waals surface area contributed by atoms with Gasteiger partial charge in [-0.1, -0.05) is 58.0 Å². The second-order valence-corrected chi connectivity index (χ2v) is 15.6. The van der Waals surface area contributed by atoms with Crippen molar-refractivity contribution in [3.8, 4) is 11.5 Å². The molecule has 242 valence electrons. The maximum absolute atomic E-state index is 13.8. The van der Waals surface area contributed by atoms with E-state index >= 15 is 0 Å². The summed E-state index contributed by atoms with van der Waals surface area (Å²) < 4.78 is 19.6. The van der Waals surface area contributed by atoms with Crippen LogP contribution in [0.4, 0.5) is 4.79 Å². The number of carbonyl (C=O) groups excluding carboxylic acids is 3. The van der Waals surface area contributed by atoms with Crippen LogP contribution in [0.5, 0.6) is 11.5 Å². The molecule has 8 nitrogen and oxygen atoms in total. The minimum Gasteiger partial charge on any atom is -0.488 e. The fourth-order valence-corrected chi connectivity index (χ4v) is 8.87. The number of fused-ring (bicyclic) bond motifs is 3. The minimum atomic E-state index is -0.740. The molecule has 2 saturated carbocycles. The van der Waals surface area contributed by atoms with E-state index in [-0.39, 0.29) is 35.2 Å². The van der Waals surface area contributed by atoms with Crippen LogP contribution >= 0.6 is 0 Å². The van der Waals surface area contributed by atoms with Gasteiger partial charge in [0.25, 0.3) is 5.91 Å². The number of hydrogen-bond acceptors (Lipinski definition) is 6. The van der Waals surface area contributed by atoms with Crippen molar-refractivity contribution in [3.05, 3.63) is 58.7 Å². The number of amides is 3. The molecule has 1 N–H and O–H groups in total. The van der Waals surface area contributed by atoms with E-state index in [2.05, 4.69) is 33.0 Å². The highest BCUT2D eigenvalue weighted by atomic mass is 16.6. The fourth-order valence-electron chi connectivity index (χ4n) is 8.87. The second-order valence-electron chi connectivity index (χ2n) is 15.6. The molecule has 3 amide bonds. The van der Waals surface area contributed by atoms with Crippen LogP contribution in [0.25, 0.3) is 0 Å². The zero-order valence-electron chi connectivity index (χ0n) is 28.0. The number of carbonyl (C=O) groups is 3. The number of nitrogens with one attached hydrogen (secondary N) is 1. The summed E-state index contributed by atoms with van der Waals surface area (Å²) in [6, 6.07) is 11.8. The van der Waals surface area contributed by atoms with Gasteiger partial charge in [0.2, 0.25) is 5.91 Å². The zero-order chi connectivity index (χ0) is 32.5. The average Bonchev–Trinajstić information content (AvgIpc) is 3.29. The van der Waals surface area contributed by atoms with E-state index in [0.717, 1.165) is 48.8 Å². The van der Waals surface area contributed by atoms with E-state index in [9.17, 15) is 14.4 Å². The van der Waals surface area contributed by atoms with Gasteiger partial charge in [-0.15, -0.1) is 0 Å². The van der Waals surface area contributed by atoms with Gasteiger partial charge in [0.1, 0.15) is 29.3 Å². The van der Waals surface area contributed by atoms with Gasteiger partial charge in [0.05, 0.1) is 12.1 Å². The van der Waals surface area contributed by atoms with Crippen LogP contribution < -0.4 is 14.8 Å². The molecular weight excluding hydrogens is 568 g/mol. The number of benzene rings is 2. The van der Waals surface area contributed by atoms with Crippen LogP contribution in [0.15, 0.2) is 36.4 Å². The molecule has 0 aromatic heterocycles. The Balaban J connectivity index is 1.47. The summed E-state index contributed by atoms with van der Waals surface area (Å²) >= 11 is 0. The van der Waals surface area contributed by atoms with Gasteiger partial charge in [-0.3, -0.25) is 9.59 Å². The van der Waals surface area contributed by atoms with Gasteiger partial charge in [-0.25, -0.2) is 9.69 Å². The Bertz CT molecular complexity index is 1530. The molecule has 2 aromatic rings. The monoisotopic (exact) mass is 616 g/mol. The highest BCUT2D eigenvalue weighted by Crippen LogP contribution is 2.67. The van der Waals surface area contributed by atoms with Gasteiger partial charge < -0.3 is 19.5 Å². The van der Waals surface area contributed by atoms with Crippen molar-refractivity contribution in [2.45, 2.75) is 118 Å². The molecule has 2 aliphatic heterocycles. The third-order valence-corrected chi connectivity index (χ3v) is 11.4. The van der Waals surface area contributed by atoms with Crippen LogP contribution in [0.1, 0.15) is 108 Å². The Hall–Kier alpha value is -3.55. The number of rotatable bonds is 4. The van der Waals surface area contributed by atoms with Crippen molar-refractivity contribution >= 4 is 17.9 Å². The summed E-state index contributed by atoms with van der Waals surface area (Å²) in [7, 11) is 0. The van der Waals surface area contributed by atoms with Crippen LogP contribution in [0, 0.1) is 22.7 Å². The third-order valence-electron chi connectivity index (χ3n) is 11.4. The molecule has 0 saturated heterocycles. The summed E-state index contributed by atoms with van der Waals surface area (Å²) in [5.74, 6) is 1.46. The first kappa shape index (κ1) is 31.4. The molecule has 6 rings (SSSR count). The zero-order valence-corrected chi connectivity index (χ0v) is 28.0. The molecule has 45 heavy (non-hydrogen) atoms. The largest absolute Gasteiger partial charge is 0.488 e. The Kier molecular flexibility index (Phi) is 7.52. The number of imide groups is 1. The molecule has 0 radical (unpaired) electrons. The molecule has 2 fully saturated rings. The molecule has 2 aliphatic carbocycles. The Morgan fingerprint density at radius 3 is 2.44 bits per heavy atom. The van der Waals surface area contributed by atoms with Crippen molar-refractivity contribution in [1.29, 1.82) is 0 Å². The van der Waals surface area contributed by atoms with E-state index in [1.807, 2.05) is 36.4 Å². The van der Waals surface area contributed by atoms with Crippen molar-refractivity contribution in [3.63, 3.8) is 0 Å². The van der Waals surface area contributed by atoms with Gasteiger partial charge in [0.15, 0.2) is 0 Å². The maximum Gasteiger partial charge on any atom is 0.417 e. The van der Waals surface area contributed by atoms with Crippen molar-refractivity contribution in [1.82, 2.24) is 10.2 Å². The van der Waals surface area contributed by atoms with Crippen molar-refractivity contribution < 1.29 is 28.6 Å². The molecule has 0 unspecified atom stereocenters. The highest BCUT2D eigenvalue weighted by Gasteiger charge is 2.68. The molecule has 2 aromatic carbocycles. The molecule has 1 spiro atoms. The van der Waals surface area contributed by atoms with E-state index in [1.54, 1.807) is 27.7 Å². The van der Waals surface area contributed by atoms with E-state index in [0.29, 0.717) is 29.6 Å². The Morgan fingerprint density at radius 2 is 1.78 bits per heavy atom. The summed E-state index contributed by atoms with van der Waals surface area (Å²) in [5.41, 5.74) is 1.46. The van der Waals surface area contributed by atoms with Gasteiger partial charge in [0, 0.05) is 35.4 Å². The maximum atomic E-state index is 13.8. The summed E-state index contributed by atoms with van der Waals surface area (Å²) in [6.07, 6.45) is 3.72. The lowest BCUT2D eigenvalue weighted by atomic mass is 9.43. The van der Waals surface area contributed by atoms with Crippen LogP contribution in [-0.2, 0) is 29.1 Å². The van der Waals surface area contributed by atoms with E-state index < -0.39 is 23.2 Å². The van der Waals surface area contributed by atoms with E-state index in [1.165, 1.54) is 4.90 Å².